The van der Waals surface area contributed by atoms with Crippen molar-refractivity contribution >= 4 is 11.8 Å². The van der Waals surface area contributed by atoms with Crippen molar-refractivity contribution in [3.05, 3.63) is 47.5 Å². The second kappa shape index (κ2) is 8.19. The van der Waals surface area contributed by atoms with Crippen molar-refractivity contribution in [3.8, 4) is 5.69 Å². The number of para-hydroxylation sites is 1. The number of aromatic nitrogens is 2. The van der Waals surface area contributed by atoms with Gasteiger partial charge in [-0.2, -0.15) is 18.3 Å². The van der Waals surface area contributed by atoms with E-state index in [9.17, 15) is 27.2 Å². The van der Waals surface area contributed by atoms with Gasteiger partial charge in [0.2, 0.25) is 5.91 Å². The first-order valence-electron chi connectivity index (χ1n) is 8.84. The number of alkyl halides is 3. The Morgan fingerprint density at radius 3 is 2.38 bits per heavy atom. The average Bonchev–Trinajstić information content (AvgIpc) is 3.13. The Kier molecular flexibility index (Phi) is 5.87. The summed E-state index contributed by atoms with van der Waals surface area (Å²) >= 11 is 0. The average molecular weight is 413 g/mol. The molecule has 3 rings (SSSR count). The molecule has 2 heterocycles. The van der Waals surface area contributed by atoms with E-state index in [4.69, 9.17) is 0 Å². The maximum atomic E-state index is 14.0. The fraction of sp³-hybridized carbons (Fsp3) is 0.389. The van der Waals surface area contributed by atoms with Crippen molar-refractivity contribution in [2.24, 2.45) is 0 Å². The van der Waals surface area contributed by atoms with Crippen LogP contribution in [-0.2, 0) is 11.0 Å². The topological polar surface area (TPSA) is 70.5 Å². The van der Waals surface area contributed by atoms with Crippen LogP contribution in [0.5, 0.6) is 0 Å². The highest BCUT2D eigenvalue weighted by Crippen LogP contribution is 2.34. The molecule has 0 spiro atoms. The predicted octanol–water partition coefficient (Wildman–Crippen LogP) is 1.53. The fourth-order valence-electron chi connectivity index (χ4n) is 3.15. The number of carbonyl (C=O) groups is 2. The molecule has 0 bridgehead atoms. The van der Waals surface area contributed by atoms with Crippen LogP contribution >= 0.6 is 0 Å². The van der Waals surface area contributed by atoms with Gasteiger partial charge in [-0.25, -0.2) is 9.07 Å². The molecule has 1 saturated heterocycles. The lowest BCUT2D eigenvalue weighted by Crippen LogP contribution is -2.51. The molecule has 7 nitrogen and oxygen atoms in total. The highest BCUT2D eigenvalue weighted by atomic mass is 19.4. The van der Waals surface area contributed by atoms with Gasteiger partial charge >= 0.3 is 6.18 Å². The molecule has 1 aromatic heterocycles. The number of hydrogen-bond acceptors (Lipinski definition) is 4. The maximum Gasteiger partial charge on any atom is 0.434 e. The molecule has 1 fully saturated rings. The smallest absolute Gasteiger partial charge is 0.358 e. The van der Waals surface area contributed by atoms with Crippen LogP contribution in [0.4, 0.5) is 17.6 Å². The summed E-state index contributed by atoms with van der Waals surface area (Å²) in [5, 5.41) is 6.13. The van der Waals surface area contributed by atoms with E-state index in [1.54, 1.807) is 4.90 Å². The second-order valence-electron chi connectivity index (χ2n) is 6.51. The Labute approximate surface area is 163 Å². The quantitative estimate of drug-likeness (QED) is 0.772. The number of likely N-dealkylation sites (N-methyl/N-ethyl adjacent to an activating group) is 1. The third-order valence-corrected chi connectivity index (χ3v) is 4.65. The molecule has 29 heavy (non-hydrogen) atoms. The lowest BCUT2D eigenvalue weighted by atomic mass is 10.1. The minimum Gasteiger partial charge on any atom is -0.358 e. The van der Waals surface area contributed by atoms with Crippen LogP contribution in [-0.4, -0.2) is 71.2 Å². The van der Waals surface area contributed by atoms with Crippen molar-refractivity contribution in [2.45, 2.75) is 6.18 Å². The van der Waals surface area contributed by atoms with E-state index in [-0.39, 0.29) is 25.5 Å². The zero-order valence-corrected chi connectivity index (χ0v) is 15.5. The third kappa shape index (κ3) is 4.39. The minimum atomic E-state index is -4.91. The zero-order chi connectivity index (χ0) is 21.2. The molecule has 1 N–H and O–H groups in total. The van der Waals surface area contributed by atoms with Crippen molar-refractivity contribution in [3.63, 3.8) is 0 Å². The molecule has 0 unspecified atom stereocenters. The van der Waals surface area contributed by atoms with Crippen molar-refractivity contribution in [1.82, 2.24) is 24.9 Å². The van der Waals surface area contributed by atoms with Crippen LogP contribution in [0.3, 0.4) is 0 Å². The van der Waals surface area contributed by atoms with Gasteiger partial charge in [0.1, 0.15) is 11.5 Å². The van der Waals surface area contributed by atoms with E-state index in [1.165, 1.54) is 24.1 Å². The summed E-state index contributed by atoms with van der Waals surface area (Å²) in [4.78, 5) is 27.3. The molecule has 1 aromatic carbocycles. The first-order valence-corrected chi connectivity index (χ1v) is 8.84. The summed E-state index contributed by atoms with van der Waals surface area (Å²) in [6, 6.07) is 4.90. The molecule has 1 aliphatic heterocycles. The summed E-state index contributed by atoms with van der Waals surface area (Å²) < 4.78 is 55.6. The van der Waals surface area contributed by atoms with E-state index < -0.39 is 34.8 Å². The Morgan fingerprint density at radius 1 is 1.14 bits per heavy atom. The summed E-state index contributed by atoms with van der Waals surface area (Å²) in [6.07, 6.45) is -4.10. The van der Waals surface area contributed by atoms with E-state index in [1.807, 2.05) is 0 Å². The summed E-state index contributed by atoms with van der Waals surface area (Å²) in [5.41, 5.74) is -2.35. The number of amides is 2. The van der Waals surface area contributed by atoms with Gasteiger partial charge in [0.05, 0.1) is 18.3 Å². The number of rotatable bonds is 4. The summed E-state index contributed by atoms with van der Waals surface area (Å²) in [6.45, 7) is 1.18. The molecule has 2 aromatic rings. The molecule has 2 amide bonds. The highest BCUT2D eigenvalue weighted by Gasteiger charge is 2.42. The summed E-state index contributed by atoms with van der Waals surface area (Å²) in [7, 11) is 1.51. The normalized spacial score (nSPS) is 15.4. The minimum absolute atomic E-state index is 0.150. The Morgan fingerprint density at radius 2 is 1.79 bits per heavy atom. The van der Waals surface area contributed by atoms with Gasteiger partial charge in [0.15, 0.2) is 5.69 Å². The number of halogens is 4. The SMILES string of the molecule is CNC(=O)CN1CCN(C(=O)c2cnn(-c3ccccc3F)c2C(F)(F)F)CC1. The van der Waals surface area contributed by atoms with Gasteiger partial charge < -0.3 is 10.2 Å². The second-order valence-corrected chi connectivity index (χ2v) is 6.51. The molecule has 1 aliphatic rings. The lowest BCUT2D eigenvalue weighted by molar-refractivity contribution is -0.143. The van der Waals surface area contributed by atoms with Crippen LogP contribution in [0.15, 0.2) is 30.5 Å². The van der Waals surface area contributed by atoms with Crippen molar-refractivity contribution in [1.29, 1.82) is 0 Å². The van der Waals surface area contributed by atoms with Crippen LogP contribution in [0.2, 0.25) is 0 Å². The van der Waals surface area contributed by atoms with Gasteiger partial charge in [-0.1, -0.05) is 12.1 Å². The molecule has 11 heteroatoms. The van der Waals surface area contributed by atoms with Crippen LogP contribution in [0.1, 0.15) is 16.1 Å². The number of benzene rings is 1. The van der Waals surface area contributed by atoms with Crippen LogP contribution in [0, 0.1) is 5.82 Å². The Bertz CT molecular complexity index is 904. The fourth-order valence-corrected chi connectivity index (χ4v) is 3.15. The van der Waals surface area contributed by atoms with Gasteiger partial charge in [-0.15, -0.1) is 0 Å². The van der Waals surface area contributed by atoms with Crippen LogP contribution < -0.4 is 5.32 Å². The molecule has 0 saturated carbocycles. The maximum absolute atomic E-state index is 14.0. The number of nitrogens with zero attached hydrogens (tertiary/aromatic N) is 4. The highest BCUT2D eigenvalue weighted by molar-refractivity contribution is 5.95. The van der Waals surface area contributed by atoms with Crippen LogP contribution in [0.25, 0.3) is 5.69 Å². The van der Waals surface area contributed by atoms with E-state index in [0.717, 1.165) is 18.3 Å². The van der Waals surface area contributed by atoms with Gasteiger partial charge in [-0.3, -0.25) is 14.5 Å². The van der Waals surface area contributed by atoms with E-state index in [0.29, 0.717) is 17.8 Å². The van der Waals surface area contributed by atoms with E-state index >= 15 is 0 Å². The van der Waals surface area contributed by atoms with E-state index in [2.05, 4.69) is 10.4 Å². The first kappa shape index (κ1) is 20.8. The standard InChI is InChI=1S/C18H19F4N5O2/c1-23-15(28)11-25-6-8-26(9-7-25)17(29)12-10-24-27(16(12)18(20,21)22)14-5-3-2-4-13(14)19/h2-5,10H,6-9,11H2,1H3,(H,23,28). The first-order chi connectivity index (χ1) is 13.7. The van der Waals surface area contributed by atoms with Gasteiger partial charge in [0.25, 0.3) is 5.91 Å². The third-order valence-electron chi connectivity index (χ3n) is 4.65. The molecule has 156 valence electrons. The summed E-state index contributed by atoms with van der Waals surface area (Å²) in [5.74, 6) is -1.90. The predicted molar refractivity (Wildman–Crippen MR) is 94.9 cm³/mol. The monoisotopic (exact) mass is 413 g/mol. The number of nitrogens with one attached hydrogen (secondary N) is 1. The molecular weight excluding hydrogens is 394 g/mol. The zero-order valence-electron chi connectivity index (χ0n) is 15.5. The lowest BCUT2D eigenvalue weighted by Gasteiger charge is -2.34. The van der Waals surface area contributed by atoms with Crippen molar-refractivity contribution in [2.75, 3.05) is 39.8 Å². The van der Waals surface area contributed by atoms with Gasteiger partial charge in [0, 0.05) is 33.2 Å². The number of hydrogen-bond donors (Lipinski definition) is 1. The van der Waals surface area contributed by atoms with Crippen molar-refractivity contribution < 1.29 is 27.2 Å². The molecular formula is C18H19F4N5O2. The Balaban J connectivity index is 1.85. The molecule has 0 radical (unpaired) electrons. The number of carbonyl (C=O) groups excluding carboxylic acids is 2. The Hall–Kier alpha value is -2.95. The molecule has 0 atom stereocenters. The van der Waals surface area contributed by atoms with Gasteiger partial charge in [-0.05, 0) is 12.1 Å². The number of piperazine rings is 1. The molecule has 0 aliphatic carbocycles. The largest absolute Gasteiger partial charge is 0.434 e.